The first-order valence-corrected chi connectivity index (χ1v) is 6.92. The van der Waals surface area contributed by atoms with Crippen LogP contribution in [0.3, 0.4) is 0 Å². The van der Waals surface area contributed by atoms with Crippen molar-refractivity contribution in [2.45, 2.75) is 31.9 Å². The molecule has 1 aromatic carbocycles. The maximum Gasteiger partial charge on any atom is 0.418 e. The van der Waals surface area contributed by atoms with Gasteiger partial charge in [0.05, 0.1) is 16.8 Å². The Hall–Kier alpha value is -2.29. The number of alkyl halides is 3. The third-order valence-electron chi connectivity index (χ3n) is 3.98. The van der Waals surface area contributed by atoms with Crippen molar-refractivity contribution in [3.8, 4) is 11.8 Å². The van der Waals surface area contributed by atoms with Crippen molar-refractivity contribution >= 4 is 0 Å². The average Bonchev–Trinajstić information content (AvgIpc) is 2.89. The monoisotopic (exact) mass is 308 g/mol. The van der Waals surface area contributed by atoms with Crippen LogP contribution >= 0.6 is 0 Å². The third kappa shape index (κ3) is 2.27. The van der Waals surface area contributed by atoms with Gasteiger partial charge in [-0.05, 0) is 49.4 Å². The molecule has 0 radical (unpaired) electrons. The van der Waals surface area contributed by atoms with E-state index < -0.39 is 23.2 Å². The number of halogens is 4. The second kappa shape index (κ2) is 5.16. The van der Waals surface area contributed by atoms with Crippen LogP contribution in [0.5, 0.6) is 0 Å². The molecule has 0 fully saturated rings. The van der Waals surface area contributed by atoms with Crippen molar-refractivity contribution in [1.29, 1.82) is 5.26 Å². The molecule has 2 nitrogen and oxygen atoms in total. The van der Waals surface area contributed by atoms with Gasteiger partial charge in [-0.2, -0.15) is 18.4 Å². The fourth-order valence-electron chi connectivity index (χ4n) is 2.95. The van der Waals surface area contributed by atoms with Crippen LogP contribution < -0.4 is 0 Å². The van der Waals surface area contributed by atoms with Gasteiger partial charge in [-0.25, -0.2) is 4.39 Å². The minimum Gasteiger partial charge on any atom is -0.317 e. The van der Waals surface area contributed by atoms with Gasteiger partial charge in [-0.3, -0.25) is 0 Å². The molecule has 3 rings (SSSR count). The SMILES string of the molecule is N#Cc1ccc(C(F)(F)F)c(-n2ccc3c2CCCC3)c1F. The standard InChI is InChI=1S/C16H12F4N2/c17-14-11(9-21)5-6-12(16(18,19)20)15(14)22-8-7-10-3-1-2-4-13(10)22/h5-8H,1-4H2. The predicted molar refractivity (Wildman–Crippen MR) is 72.1 cm³/mol. The molecular weight excluding hydrogens is 296 g/mol. The summed E-state index contributed by atoms with van der Waals surface area (Å²) in [5.74, 6) is -1.12. The highest BCUT2D eigenvalue weighted by Gasteiger charge is 2.37. The normalized spacial score (nSPS) is 14.5. The first-order chi connectivity index (χ1) is 10.4. The van der Waals surface area contributed by atoms with Crippen molar-refractivity contribution < 1.29 is 17.6 Å². The summed E-state index contributed by atoms with van der Waals surface area (Å²) >= 11 is 0. The van der Waals surface area contributed by atoms with Gasteiger partial charge in [0.15, 0.2) is 5.82 Å². The van der Waals surface area contributed by atoms with E-state index in [0.717, 1.165) is 37.0 Å². The zero-order valence-electron chi connectivity index (χ0n) is 11.5. The topological polar surface area (TPSA) is 28.7 Å². The zero-order valence-corrected chi connectivity index (χ0v) is 11.5. The summed E-state index contributed by atoms with van der Waals surface area (Å²) in [5.41, 5.74) is -0.379. The molecular formula is C16H12F4N2. The van der Waals surface area contributed by atoms with Crippen LogP contribution in [0, 0.1) is 17.1 Å². The van der Waals surface area contributed by atoms with Crippen LogP contribution in [0.4, 0.5) is 17.6 Å². The molecule has 0 saturated carbocycles. The summed E-state index contributed by atoms with van der Waals surface area (Å²) in [4.78, 5) is 0. The van der Waals surface area contributed by atoms with Crippen molar-refractivity contribution in [3.63, 3.8) is 0 Å². The molecule has 2 aromatic rings. The first-order valence-electron chi connectivity index (χ1n) is 6.92. The Morgan fingerprint density at radius 1 is 1.09 bits per heavy atom. The van der Waals surface area contributed by atoms with Crippen LogP contribution in [0.25, 0.3) is 5.69 Å². The molecule has 0 N–H and O–H groups in total. The highest BCUT2D eigenvalue weighted by atomic mass is 19.4. The van der Waals surface area contributed by atoms with Gasteiger partial charge >= 0.3 is 6.18 Å². The van der Waals surface area contributed by atoms with Gasteiger partial charge in [-0.15, -0.1) is 0 Å². The lowest BCUT2D eigenvalue weighted by Gasteiger charge is -2.20. The van der Waals surface area contributed by atoms with E-state index in [1.54, 1.807) is 12.1 Å². The molecule has 1 aliphatic carbocycles. The van der Waals surface area contributed by atoms with Gasteiger partial charge in [0.1, 0.15) is 6.07 Å². The van der Waals surface area contributed by atoms with Crippen molar-refractivity contribution in [1.82, 2.24) is 4.57 Å². The molecule has 1 aliphatic rings. The van der Waals surface area contributed by atoms with E-state index in [1.807, 2.05) is 0 Å². The van der Waals surface area contributed by atoms with Crippen LogP contribution in [0.15, 0.2) is 24.4 Å². The summed E-state index contributed by atoms with van der Waals surface area (Å²) in [6, 6.07) is 4.97. The molecule has 6 heteroatoms. The number of rotatable bonds is 1. The lowest BCUT2D eigenvalue weighted by atomic mass is 9.97. The van der Waals surface area contributed by atoms with Crippen molar-refractivity contribution in [2.24, 2.45) is 0 Å². The Labute approximate surface area is 124 Å². The second-order valence-electron chi connectivity index (χ2n) is 5.30. The maximum atomic E-state index is 14.5. The number of aromatic nitrogens is 1. The van der Waals surface area contributed by atoms with Crippen LogP contribution in [-0.4, -0.2) is 4.57 Å². The van der Waals surface area contributed by atoms with Gasteiger partial charge in [0.25, 0.3) is 0 Å². The number of nitrogens with zero attached hydrogens (tertiary/aromatic N) is 2. The molecule has 0 unspecified atom stereocenters. The van der Waals surface area contributed by atoms with E-state index in [9.17, 15) is 17.6 Å². The molecule has 0 atom stereocenters. The fourth-order valence-corrected chi connectivity index (χ4v) is 2.95. The smallest absolute Gasteiger partial charge is 0.317 e. The number of benzene rings is 1. The molecule has 1 heterocycles. The number of fused-ring (bicyclic) bond motifs is 1. The molecule has 22 heavy (non-hydrogen) atoms. The van der Waals surface area contributed by atoms with Gasteiger partial charge < -0.3 is 4.57 Å². The Kier molecular flexibility index (Phi) is 3.44. The molecule has 0 saturated heterocycles. The van der Waals surface area contributed by atoms with E-state index in [2.05, 4.69) is 0 Å². The van der Waals surface area contributed by atoms with E-state index in [1.165, 1.54) is 10.8 Å². The van der Waals surface area contributed by atoms with Crippen molar-refractivity contribution in [2.75, 3.05) is 0 Å². The minimum absolute atomic E-state index is 0.388. The minimum atomic E-state index is -4.68. The summed E-state index contributed by atoms with van der Waals surface area (Å²) in [7, 11) is 0. The molecule has 0 amide bonds. The summed E-state index contributed by atoms with van der Waals surface area (Å²) in [5, 5.41) is 8.89. The Morgan fingerprint density at radius 3 is 2.50 bits per heavy atom. The number of nitriles is 1. The molecule has 0 bridgehead atoms. The van der Waals surface area contributed by atoms with Crippen LogP contribution in [0.1, 0.15) is 35.2 Å². The van der Waals surface area contributed by atoms with Crippen molar-refractivity contribution in [3.05, 3.63) is 52.6 Å². The van der Waals surface area contributed by atoms with E-state index in [4.69, 9.17) is 5.26 Å². The lowest BCUT2D eigenvalue weighted by molar-refractivity contribution is -0.137. The maximum absolute atomic E-state index is 14.5. The summed E-state index contributed by atoms with van der Waals surface area (Å²) < 4.78 is 55.4. The quantitative estimate of drug-likeness (QED) is 0.718. The third-order valence-corrected chi connectivity index (χ3v) is 3.98. The van der Waals surface area contributed by atoms with Crippen LogP contribution in [-0.2, 0) is 19.0 Å². The largest absolute Gasteiger partial charge is 0.418 e. The number of hydrogen-bond acceptors (Lipinski definition) is 1. The highest BCUT2D eigenvalue weighted by molar-refractivity contribution is 5.53. The summed E-state index contributed by atoms with van der Waals surface area (Å²) in [6.45, 7) is 0. The fraction of sp³-hybridized carbons (Fsp3) is 0.312. The Morgan fingerprint density at radius 2 is 1.82 bits per heavy atom. The van der Waals surface area contributed by atoms with Gasteiger partial charge in [0, 0.05) is 11.9 Å². The van der Waals surface area contributed by atoms with E-state index >= 15 is 0 Å². The molecule has 0 spiro atoms. The summed E-state index contributed by atoms with van der Waals surface area (Å²) in [6.07, 6.45) is 0.00164. The van der Waals surface area contributed by atoms with Gasteiger partial charge in [-0.1, -0.05) is 0 Å². The van der Waals surface area contributed by atoms with Gasteiger partial charge in [0.2, 0.25) is 0 Å². The average molecular weight is 308 g/mol. The number of aryl methyl sites for hydroxylation is 1. The lowest BCUT2D eigenvalue weighted by Crippen LogP contribution is -2.16. The first kappa shape index (κ1) is 14.6. The molecule has 1 aromatic heterocycles. The second-order valence-corrected chi connectivity index (χ2v) is 5.30. The van der Waals surface area contributed by atoms with E-state index in [-0.39, 0.29) is 5.56 Å². The Bertz CT molecular complexity index is 766. The zero-order chi connectivity index (χ0) is 15.9. The Balaban J connectivity index is 2.30. The molecule has 114 valence electrons. The van der Waals surface area contributed by atoms with Crippen LogP contribution in [0.2, 0.25) is 0 Å². The molecule has 0 aliphatic heterocycles. The highest BCUT2D eigenvalue weighted by Crippen LogP contribution is 2.38. The predicted octanol–water partition coefficient (Wildman–Crippen LogP) is 4.39. The van der Waals surface area contributed by atoms with E-state index in [0.29, 0.717) is 12.1 Å². The number of hydrogen-bond donors (Lipinski definition) is 0.